The van der Waals surface area contributed by atoms with Gasteiger partial charge in [0, 0.05) is 19.1 Å². The van der Waals surface area contributed by atoms with Crippen molar-refractivity contribution < 1.29 is 8.42 Å². The maximum atomic E-state index is 12.7. The van der Waals surface area contributed by atoms with Crippen LogP contribution in [0.5, 0.6) is 0 Å². The van der Waals surface area contributed by atoms with Gasteiger partial charge in [0.25, 0.3) is 0 Å². The highest BCUT2D eigenvalue weighted by atomic mass is 35.5. The summed E-state index contributed by atoms with van der Waals surface area (Å²) in [6, 6.07) is 6.63. The molecule has 0 aromatic heterocycles. The zero-order valence-corrected chi connectivity index (χ0v) is 14.4. The van der Waals surface area contributed by atoms with Crippen molar-refractivity contribution in [2.75, 3.05) is 19.6 Å². The standard InChI is InChI=1S/C16H20ClN3O2S/c17-16-9-15(4-3-13(16)10-18)23(21,22)20-7-5-14(6-8-20)19-11-12-1-2-12/h3-4,9,12,14,19H,1-2,5-8,11H2. The molecule has 1 N–H and O–H groups in total. The van der Waals surface area contributed by atoms with Crippen LogP contribution < -0.4 is 5.32 Å². The van der Waals surface area contributed by atoms with Crippen molar-refractivity contribution in [2.24, 2.45) is 5.92 Å². The van der Waals surface area contributed by atoms with Crippen molar-refractivity contribution in [1.29, 1.82) is 5.26 Å². The van der Waals surface area contributed by atoms with Gasteiger partial charge in [0.1, 0.15) is 6.07 Å². The minimum Gasteiger partial charge on any atom is -0.314 e. The van der Waals surface area contributed by atoms with Crippen molar-refractivity contribution in [3.05, 3.63) is 28.8 Å². The number of benzene rings is 1. The van der Waals surface area contributed by atoms with E-state index in [1.807, 2.05) is 6.07 Å². The van der Waals surface area contributed by atoms with Gasteiger partial charge in [-0.1, -0.05) is 11.6 Å². The molecule has 1 saturated heterocycles. The molecule has 0 atom stereocenters. The van der Waals surface area contributed by atoms with Crippen LogP contribution in [0, 0.1) is 17.2 Å². The van der Waals surface area contributed by atoms with Gasteiger partial charge in [-0.3, -0.25) is 0 Å². The Morgan fingerprint density at radius 1 is 1.26 bits per heavy atom. The summed E-state index contributed by atoms with van der Waals surface area (Å²) >= 11 is 5.96. The lowest BCUT2D eigenvalue weighted by molar-refractivity contribution is 0.288. The highest BCUT2D eigenvalue weighted by molar-refractivity contribution is 7.89. The van der Waals surface area contributed by atoms with Crippen LogP contribution in [0.1, 0.15) is 31.2 Å². The second-order valence-corrected chi connectivity index (χ2v) is 8.63. The quantitative estimate of drug-likeness (QED) is 0.881. The van der Waals surface area contributed by atoms with Gasteiger partial charge in [-0.15, -0.1) is 0 Å². The first-order valence-corrected chi connectivity index (χ1v) is 9.75. The Morgan fingerprint density at radius 3 is 2.52 bits per heavy atom. The number of halogens is 1. The third kappa shape index (κ3) is 3.86. The molecule has 5 nitrogen and oxygen atoms in total. The molecule has 2 aliphatic rings. The fourth-order valence-corrected chi connectivity index (χ4v) is 4.64. The molecule has 0 unspecified atom stereocenters. The van der Waals surface area contributed by atoms with Crippen LogP contribution in [-0.4, -0.2) is 38.4 Å². The first-order valence-electron chi connectivity index (χ1n) is 7.94. The SMILES string of the molecule is N#Cc1ccc(S(=O)(=O)N2CCC(NCC3CC3)CC2)cc1Cl. The molecule has 1 aromatic rings. The monoisotopic (exact) mass is 353 g/mol. The molecule has 0 bridgehead atoms. The minimum atomic E-state index is -3.54. The zero-order chi connectivity index (χ0) is 16.4. The number of hydrogen-bond acceptors (Lipinski definition) is 4. The number of rotatable bonds is 5. The molecule has 7 heteroatoms. The zero-order valence-electron chi connectivity index (χ0n) is 12.8. The van der Waals surface area contributed by atoms with Crippen LogP contribution in [0.4, 0.5) is 0 Å². The highest BCUT2D eigenvalue weighted by Crippen LogP contribution is 2.29. The fraction of sp³-hybridized carbons (Fsp3) is 0.562. The summed E-state index contributed by atoms with van der Waals surface area (Å²) < 4.78 is 26.9. The van der Waals surface area contributed by atoms with Gasteiger partial charge in [0.2, 0.25) is 10.0 Å². The number of sulfonamides is 1. The average molecular weight is 354 g/mol. The Balaban J connectivity index is 1.64. The predicted molar refractivity (Wildman–Crippen MR) is 88.7 cm³/mol. The van der Waals surface area contributed by atoms with Gasteiger partial charge in [0.05, 0.1) is 15.5 Å². The van der Waals surface area contributed by atoms with Crippen molar-refractivity contribution in [1.82, 2.24) is 9.62 Å². The molecule has 0 amide bonds. The van der Waals surface area contributed by atoms with Crippen molar-refractivity contribution >= 4 is 21.6 Å². The second-order valence-electron chi connectivity index (χ2n) is 6.28. The van der Waals surface area contributed by atoms with Gasteiger partial charge in [-0.2, -0.15) is 9.57 Å². The largest absolute Gasteiger partial charge is 0.314 e. The molecule has 2 fully saturated rings. The summed E-state index contributed by atoms with van der Waals surface area (Å²) in [7, 11) is -3.54. The van der Waals surface area contributed by atoms with Gasteiger partial charge in [0.15, 0.2) is 0 Å². The van der Waals surface area contributed by atoms with E-state index in [-0.39, 0.29) is 15.5 Å². The molecule has 124 valence electrons. The van der Waals surface area contributed by atoms with Crippen LogP contribution in [-0.2, 0) is 10.0 Å². The molecular weight excluding hydrogens is 334 g/mol. The molecule has 1 aromatic carbocycles. The van der Waals surface area contributed by atoms with E-state index in [0.29, 0.717) is 19.1 Å². The van der Waals surface area contributed by atoms with Gasteiger partial charge in [-0.25, -0.2) is 8.42 Å². The average Bonchev–Trinajstić information content (AvgIpc) is 3.37. The van der Waals surface area contributed by atoms with E-state index in [9.17, 15) is 8.42 Å². The third-order valence-electron chi connectivity index (χ3n) is 4.54. The smallest absolute Gasteiger partial charge is 0.243 e. The number of nitrogens with zero attached hydrogens (tertiary/aromatic N) is 2. The van der Waals surface area contributed by atoms with E-state index >= 15 is 0 Å². The molecular formula is C16H20ClN3O2S. The molecule has 23 heavy (non-hydrogen) atoms. The predicted octanol–water partition coefficient (Wildman–Crippen LogP) is 2.36. The Kier molecular flexibility index (Phi) is 4.93. The lowest BCUT2D eigenvalue weighted by Gasteiger charge is -2.31. The summed E-state index contributed by atoms with van der Waals surface area (Å²) in [6.45, 7) is 2.09. The molecule has 1 heterocycles. The Labute approximate surface area is 142 Å². The van der Waals surface area contributed by atoms with Gasteiger partial charge >= 0.3 is 0 Å². The second kappa shape index (κ2) is 6.78. The topological polar surface area (TPSA) is 73.2 Å². The van der Waals surface area contributed by atoms with Crippen LogP contribution in [0.25, 0.3) is 0 Å². The van der Waals surface area contributed by atoms with E-state index in [0.717, 1.165) is 25.3 Å². The van der Waals surface area contributed by atoms with Crippen molar-refractivity contribution in [2.45, 2.75) is 36.6 Å². The highest BCUT2D eigenvalue weighted by Gasteiger charge is 2.30. The van der Waals surface area contributed by atoms with E-state index in [1.165, 1.54) is 35.3 Å². The van der Waals surface area contributed by atoms with Gasteiger partial charge < -0.3 is 5.32 Å². The summed E-state index contributed by atoms with van der Waals surface area (Å²) in [5.41, 5.74) is 0.286. The van der Waals surface area contributed by atoms with Crippen LogP contribution in [0.3, 0.4) is 0 Å². The van der Waals surface area contributed by atoms with Crippen LogP contribution >= 0.6 is 11.6 Å². The minimum absolute atomic E-state index is 0.158. The lowest BCUT2D eigenvalue weighted by Crippen LogP contribution is -2.45. The summed E-state index contributed by atoms with van der Waals surface area (Å²) in [5, 5.41) is 12.6. The molecule has 0 spiro atoms. The van der Waals surface area contributed by atoms with Crippen LogP contribution in [0.2, 0.25) is 5.02 Å². The number of piperidine rings is 1. The number of nitriles is 1. The number of hydrogen-bond donors (Lipinski definition) is 1. The summed E-state index contributed by atoms with van der Waals surface area (Å²) in [6.07, 6.45) is 4.30. The molecule has 1 saturated carbocycles. The lowest BCUT2D eigenvalue weighted by atomic mass is 10.1. The molecule has 1 aliphatic carbocycles. The first kappa shape index (κ1) is 16.7. The Bertz CT molecular complexity index is 717. The summed E-state index contributed by atoms with van der Waals surface area (Å²) in [4.78, 5) is 0.158. The van der Waals surface area contributed by atoms with Crippen LogP contribution in [0.15, 0.2) is 23.1 Å². The summed E-state index contributed by atoms with van der Waals surface area (Å²) in [5.74, 6) is 0.831. The van der Waals surface area contributed by atoms with Crippen molar-refractivity contribution in [3.8, 4) is 6.07 Å². The number of nitrogens with one attached hydrogen (secondary N) is 1. The third-order valence-corrected chi connectivity index (χ3v) is 6.75. The van der Waals surface area contributed by atoms with Gasteiger partial charge in [-0.05, 0) is 56.3 Å². The van der Waals surface area contributed by atoms with E-state index in [2.05, 4.69) is 5.32 Å². The van der Waals surface area contributed by atoms with Crippen molar-refractivity contribution in [3.63, 3.8) is 0 Å². The Morgan fingerprint density at radius 2 is 1.96 bits per heavy atom. The van der Waals surface area contributed by atoms with E-state index in [4.69, 9.17) is 16.9 Å². The maximum absolute atomic E-state index is 12.7. The molecule has 1 aliphatic heterocycles. The maximum Gasteiger partial charge on any atom is 0.243 e. The van der Waals surface area contributed by atoms with E-state index in [1.54, 1.807) is 0 Å². The fourth-order valence-electron chi connectivity index (χ4n) is 2.85. The van der Waals surface area contributed by atoms with E-state index < -0.39 is 10.0 Å². The molecule has 0 radical (unpaired) electrons. The molecule has 3 rings (SSSR count). The first-order chi connectivity index (χ1) is 11.0. The normalized spacial score (nSPS) is 20.3. The Hall–Kier alpha value is -1.13.